The average Bonchev–Trinajstić information content (AvgIpc) is 2.88. The summed E-state index contributed by atoms with van der Waals surface area (Å²) in [6.45, 7) is 4.22. The van der Waals surface area contributed by atoms with Crippen LogP contribution in [0.1, 0.15) is 23.7 Å². The van der Waals surface area contributed by atoms with Gasteiger partial charge in [-0.25, -0.2) is 0 Å². The van der Waals surface area contributed by atoms with Crippen LogP contribution in [0.4, 0.5) is 0 Å². The van der Waals surface area contributed by atoms with Gasteiger partial charge in [0.25, 0.3) is 0 Å². The molecule has 0 bridgehead atoms. The van der Waals surface area contributed by atoms with Crippen LogP contribution >= 0.6 is 11.6 Å². The summed E-state index contributed by atoms with van der Waals surface area (Å²) in [7, 11) is 2.18. The van der Waals surface area contributed by atoms with Crippen molar-refractivity contribution < 1.29 is 0 Å². The first kappa shape index (κ1) is 15.4. The molecule has 2 aromatic heterocycles. The van der Waals surface area contributed by atoms with E-state index in [1.165, 1.54) is 33.3 Å². The normalized spacial score (nSPS) is 15.7. The molecule has 0 radical (unpaired) electrons. The minimum atomic E-state index is 0.780. The largest absolute Gasteiger partial charge is 0.320 e. The quantitative estimate of drug-likeness (QED) is 0.676. The van der Waals surface area contributed by atoms with Crippen molar-refractivity contribution >= 4 is 34.3 Å². The van der Waals surface area contributed by atoms with Gasteiger partial charge in [-0.05, 0) is 54.9 Å². The smallest absolute Gasteiger partial charge is 0.0543 e. The molecule has 0 aliphatic carbocycles. The van der Waals surface area contributed by atoms with Crippen LogP contribution in [0.25, 0.3) is 22.7 Å². The Bertz CT molecular complexity index is 925. The maximum absolute atomic E-state index is 6.28. The zero-order chi connectivity index (χ0) is 16.7. The first-order valence-electron chi connectivity index (χ1n) is 8.22. The van der Waals surface area contributed by atoms with Crippen LogP contribution in [0, 0.1) is 0 Å². The summed E-state index contributed by atoms with van der Waals surface area (Å²) in [5, 5.41) is 2.08. The highest BCUT2D eigenvalue weighted by Crippen LogP contribution is 2.33. The maximum atomic E-state index is 6.28. The number of allylic oxidation sites excluding steroid dienone is 1. The Morgan fingerprint density at radius 3 is 2.79 bits per heavy atom. The Labute approximate surface area is 147 Å². The molecular formula is C20H20ClN3. The summed E-state index contributed by atoms with van der Waals surface area (Å²) in [6, 6.07) is 10.3. The van der Waals surface area contributed by atoms with Gasteiger partial charge in [-0.2, -0.15) is 0 Å². The molecular weight excluding hydrogens is 318 g/mol. The standard InChI is InChI=1S/C20H20ClN3/c1-14(15-5-8-22-9-6-15)12-24-19-7-10-23(2)13-18(19)17-4-3-16(21)11-20(17)24/h3-6,8-9,11-12H,7,10,13H2,1-2H3. The van der Waals surface area contributed by atoms with Crippen molar-refractivity contribution in [3.8, 4) is 0 Å². The number of nitrogens with zero attached hydrogens (tertiary/aromatic N) is 3. The molecule has 24 heavy (non-hydrogen) atoms. The Hall–Kier alpha value is -2.10. The number of fused-ring (bicyclic) bond motifs is 3. The van der Waals surface area contributed by atoms with Crippen molar-refractivity contribution in [2.75, 3.05) is 13.6 Å². The summed E-state index contributed by atoms with van der Waals surface area (Å²) < 4.78 is 2.33. The third-order valence-electron chi connectivity index (χ3n) is 4.80. The second-order valence-corrected chi connectivity index (χ2v) is 6.93. The lowest BCUT2D eigenvalue weighted by Crippen LogP contribution is -2.26. The lowest BCUT2D eigenvalue weighted by atomic mass is 10.1. The topological polar surface area (TPSA) is 21.1 Å². The third-order valence-corrected chi connectivity index (χ3v) is 5.04. The highest BCUT2D eigenvalue weighted by Gasteiger charge is 2.21. The van der Waals surface area contributed by atoms with E-state index >= 15 is 0 Å². The van der Waals surface area contributed by atoms with Crippen molar-refractivity contribution in [1.82, 2.24) is 14.5 Å². The van der Waals surface area contributed by atoms with Gasteiger partial charge in [0.2, 0.25) is 0 Å². The lowest BCUT2D eigenvalue weighted by molar-refractivity contribution is 0.312. The molecule has 1 aromatic carbocycles. The summed E-state index contributed by atoms with van der Waals surface area (Å²) in [6.07, 6.45) is 6.96. The Balaban J connectivity index is 1.93. The van der Waals surface area contributed by atoms with E-state index in [1.54, 1.807) is 0 Å². The molecule has 3 nitrogen and oxygen atoms in total. The van der Waals surface area contributed by atoms with E-state index in [0.29, 0.717) is 0 Å². The van der Waals surface area contributed by atoms with Crippen molar-refractivity contribution in [2.45, 2.75) is 19.9 Å². The van der Waals surface area contributed by atoms with Crippen molar-refractivity contribution in [2.24, 2.45) is 0 Å². The molecule has 1 aliphatic rings. The minimum Gasteiger partial charge on any atom is -0.320 e. The number of rotatable bonds is 2. The van der Waals surface area contributed by atoms with E-state index in [-0.39, 0.29) is 0 Å². The molecule has 0 fully saturated rings. The van der Waals surface area contributed by atoms with Crippen LogP contribution in [0.2, 0.25) is 5.02 Å². The van der Waals surface area contributed by atoms with Crippen LogP contribution in [0.3, 0.4) is 0 Å². The van der Waals surface area contributed by atoms with Gasteiger partial charge in [-0.3, -0.25) is 4.98 Å². The Morgan fingerprint density at radius 1 is 1.21 bits per heavy atom. The minimum absolute atomic E-state index is 0.780. The van der Waals surface area contributed by atoms with Crippen LogP contribution in [0.15, 0.2) is 42.7 Å². The van der Waals surface area contributed by atoms with E-state index in [1.807, 2.05) is 30.6 Å². The predicted octanol–water partition coefficient (Wildman–Crippen LogP) is 4.70. The van der Waals surface area contributed by atoms with E-state index in [9.17, 15) is 0 Å². The molecule has 3 aromatic rings. The summed E-state index contributed by atoms with van der Waals surface area (Å²) >= 11 is 6.28. The molecule has 0 spiro atoms. The van der Waals surface area contributed by atoms with Crippen LogP contribution in [-0.2, 0) is 13.0 Å². The van der Waals surface area contributed by atoms with Crippen LogP contribution < -0.4 is 0 Å². The van der Waals surface area contributed by atoms with Crippen molar-refractivity contribution in [3.05, 3.63) is 64.6 Å². The molecule has 4 heteroatoms. The number of halogens is 1. The molecule has 3 heterocycles. The second kappa shape index (κ2) is 6.08. The number of pyridine rings is 1. The highest BCUT2D eigenvalue weighted by molar-refractivity contribution is 6.31. The molecule has 0 saturated heterocycles. The van der Waals surface area contributed by atoms with E-state index in [2.05, 4.69) is 46.8 Å². The number of hydrogen-bond donors (Lipinski definition) is 0. The van der Waals surface area contributed by atoms with Gasteiger partial charge < -0.3 is 9.47 Å². The van der Waals surface area contributed by atoms with E-state index in [4.69, 9.17) is 11.6 Å². The molecule has 0 N–H and O–H groups in total. The summed E-state index contributed by atoms with van der Waals surface area (Å²) in [4.78, 5) is 6.48. The molecule has 4 rings (SSSR count). The Morgan fingerprint density at radius 2 is 2.00 bits per heavy atom. The fourth-order valence-electron chi connectivity index (χ4n) is 3.53. The van der Waals surface area contributed by atoms with Crippen molar-refractivity contribution in [3.63, 3.8) is 0 Å². The molecule has 0 saturated carbocycles. The first-order chi connectivity index (χ1) is 11.6. The fraction of sp³-hybridized carbons (Fsp3) is 0.250. The second-order valence-electron chi connectivity index (χ2n) is 6.49. The van der Waals surface area contributed by atoms with E-state index in [0.717, 1.165) is 24.5 Å². The maximum Gasteiger partial charge on any atom is 0.0543 e. The molecule has 122 valence electrons. The monoisotopic (exact) mass is 337 g/mol. The van der Waals surface area contributed by atoms with Crippen LogP contribution in [0.5, 0.6) is 0 Å². The summed E-state index contributed by atoms with van der Waals surface area (Å²) in [5.41, 5.74) is 6.43. The van der Waals surface area contributed by atoms with Gasteiger partial charge >= 0.3 is 0 Å². The predicted molar refractivity (Wildman–Crippen MR) is 101 cm³/mol. The Kier molecular flexibility index (Phi) is 3.91. The van der Waals surface area contributed by atoms with Gasteiger partial charge in [0.15, 0.2) is 0 Å². The summed E-state index contributed by atoms with van der Waals surface area (Å²) in [5.74, 6) is 0. The van der Waals surface area contributed by atoms with E-state index < -0.39 is 0 Å². The zero-order valence-electron chi connectivity index (χ0n) is 14.0. The fourth-order valence-corrected chi connectivity index (χ4v) is 3.70. The average molecular weight is 338 g/mol. The van der Waals surface area contributed by atoms with Crippen molar-refractivity contribution in [1.29, 1.82) is 0 Å². The molecule has 0 atom stereocenters. The number of hydrogen-bond acceptors (Lipinski definition) is 2. The molecule has 1 aliphatic heterocycles. The van der Waals surface area contributed by atoms with Gasteiger partial charge in [-0.15, -0.1) is 0 Å². The SMILES string of the molecule is CC(=Cn1c2c(c3ccc(Cl)cc31)CN(C)CC2)c1ccncc1. The molecule has 0 unspecified atom stereocenters. The first-order valence-corrected chi connectivity index (χ1v) is 8.60. The number of likely N-dealkylation sites (N-methyl/N-ethyl adjacent to an activating group) is 1. The van der Waals surface area contributed by atoms with Gasteiger partial charge in [0.1, 0.15) is 0 Å². The number of benzene rings is 1. The zero-order valence-corrected chi connectivity index (χ0v) is 14.7. The lowest BCUT2D eigenvalue weighted by Gasteiger charge is -2.23. The van der Waals surface area contributed by atoms with Gasteiger partial charge in [0, 0.05) is 54.2 Å². The third kappa shape index (κ3) is 2.64. The highest BCUT2D eigenvalue weighted by atomic mass is 35.5. The van der Waals surface area contributed by atoms with Gasteiger partial charge in [-0.1, -0.05) is 17.7 Å². The molecule has 0 amide bonds. The van der Waals surface area contributed by atoms with Gasteiger partial charge in [0.05, 0.1) is 5.52 Å². The number of aromatic nitrogens is 2. The van der Waals surface area contributed by atoms with Crippen LogP contribution in [-0.4, -0.2) is 28.0 Å².